The summed E-state index contributed by atoms with van der Waals surface area (Å²) in [5.74, 6) is -0.324. The highest BCUT2D eigenvalue weighted by molar-refractivity contribution is 5.69. The first kappa shape index (κ1) is 65.4. The van der Waals surface area contributed by atoms with Crippen molar-refractivity contribution in [1.29, 1.82) is 0 Å². The molecule has 1 rings (SSSR count). The normalized spacial score (nSPS) is 19.5. The molecular formula is C61H106O9. The Morgan fingerprint density at radius 1 is 0.471 bits per heavy atom. The molecule has 1 aliphatic heterocycles. The summed E-state index contributed by atoms with van der Waals surface area (Å²) in [6.07, 6.45) is 63.4. The molecule has 0 radical (unpaired) electrons. The van der Waals surface area contributed by atoms with E-state index >= 15 is 0 Å². The van der Waals surface area contributed by atoms with Crippen LogP contribution in [0.3, 0.4) is 0 Å². The van der Waals surface area contributed by atoms with Gasteiger partial charge in [-0.1, -0.05) is 221 Å². The van der Waals surface area contributed by atoms with E-state index in [4.69, 9.17) is 18.9 Å². The Morgan fingerprint density at radius 2 is 0.871 bits per heavy atom. The second kappa shape index (κ2) is 51.3. The predicted octanol–water partition coefficient (Wildman–Crippen LogP) is 14.9. The maximum atomic E-state index is 12.9. The fourth-order valence-electron chi connectivity index (χ4n) is 8.37. The van der Waals surface area contributed by atoms with Crippen LogP contribution in [0.4, 0.5) is 0 Å². The number of unbranched alkanes of at least 4 members (excludes halogenated alkanes) is 24. The van der Waals surface area contributed by atoms with Gasteiger partial charge in [0.05, 0.1) is 19.8 Å². The number of allylic oxidation sites excluding steroid dienone is 14. The van der Waals surface area contributed by atoms with Crippen molar-refractivity contribution in [1.82, 2.24) is 0 Å². The van der Waals surface area contributed by atoms with Gasteiger partial charge in [-0.25, -0.2) is 0 Å². The van der Waals surface area contributed by atoms with E-state index in [0.717, 1.165) is 83.5 Å². The van der Waals surface area contributed by atoms with Crippen LogP contribution in [0.5, 0.6) is 0 Å². The number of hydrogen-bond acceptors (Lipinski definition) is 9. The molecule has 1 fully saturated rings. The number of esters is 1. The zero-order valence-electron chi connectivity index (χ0n) is 44.7. The molecule has 9 heteroatoms. The average Bonchev–Trinajstić information content (AvgIpc) is 3.36. The topological polar surface area (TPSA) is 135 Å². The van der Waals surface area contributed by atoms with Crippen LogP contribution in [-0.2, 0) is 23.7 Å². The molecule has 6 atom stereocenters. The van der Waals surface area contributed by atoms with Gasteiger partial charge in [0.1, 0.15) is 30.5 Å². The van der Waals surface area contributed by atoms with Gasteiger partial charge in [0.15, 0.2) is 6.29 Å². The predicted molar refractivity (Wildman–Crippen MR) is 293 cm³/mol. The Kier molecular flexibility index (Phi) is 47.9. The first-order valence-electron chi connectivity index (χ1n) is 28.7. The highest BCUT2D eigenvalue weighted by Crippen LogP contribution is 2.23. The van der Waals surface area contributed by atoms with Crippen molar-refractivity contribution >= 4 is 5.97 Å². The second-order valence-corrected chi connectivity index (χ2v) is 19.4. The highest BCUT2D eigenvalue weighted by Gasteiger charge is 2.44. The van der Waals surface area contributed by atoms with Crippen molar-refractivity contribution in [3.8, 4) is 0 Å². The molecule has 0 aliphatic carbocycles. The molecule has 404 valence electrons. The molecular weight excluding hydrogens is 877 g/mol. The van der Waals surface area contributed by atoms with Gasteiger partial charge in [-0.05, 0) is 89.9 Å². The Bertz CT molecular complexity index is 1350. The van der Waals surface area contributed by atoms with Crippen LogP contribution in [0.2, 0.25) is 0 Å². The first-order chi connectivity index (χ1) is 34.4. The fourth-order valence-corrected chi connectivity index (χ4v) is 8.37. The van der Waals surface area contributed by atoms with Gasteiger partial charge in [0.25, 0.3) is 0 Å². The van der Waals surface area contributed by atoms with Crippen molar-refractivity contribution in [2.24, 2.45) is 0 Å². The molecule has 0 bridgehead atoms. The van der Waals surface area contributed by atoms with Crippen LogP contribution in [0.25, 0.3) is 0 Å². The summed E-state index contributed by atoms with van der Waals surface area (Å²) in [6.45, 7) is 4.43. The summed E-state index contributed by atoms with van der Waals surface area (Å²) in [5, 5.41) is 40.4. The highest BCUT2D eigenvalue weighted by atomic mass is 16.7. The molecule has 0 amide bonds. The average molecular weight is 984 g/mol. The molecule has 70 heavy (non-hydrogen) atoms. The number of aliphatic hydroxyl groups excluding tert-OH is 4. The molecule has 1 saturated heterocycles. The fraction of sp³-hybridized carbons (Fsp3) is 0.754. The molecule has 0 aromatic heterocycles. The molecule has 0 saturated carbocycles. The molecule has 0 spiro atoms. The zero-order valence-corrected chi connectivity index (χ0v) is 44.7. The number of ether oxygens (including phenoxy) is 4. The van der Waals surface area contributed by atoms with Gasteiger partial charge in [0, 0.05) is 13.0 Å². The van der Waals surface area contributed by atoms with E-state index in [1.165, 1.54) is 128 Å². The third-order valence-electron chi connectivity index (χ3n) is 12.8. The van der Waals surface area contributed by atoms with Crippen molar-refractivity contribution in [2.75, 3.05) is 26.4 Å². The lowest BCUT2D eigenvalue weighted by Crippen LogP contribution is -2.59. The number of carbonyl (C=O) groups excluding carboxylic acids is 1. The standard InChI is InChI=1S/C61H106O9/c1-3-5-7-9-11-13-15-17-19-21-23-25-26-27-28-29-31-33-35-37-39-41-43-45-47-49-51-67-53-55(54-68-61-60(66)59(65)58(64)56(52-62)70-61)69-57(63)50-48-46-44-42-40-38-36-34-32-30-24-22-20-18-16-14-12-10-8-6-4-2/h6,8,12,14-15,17-18,20-21,23-24,26-27,30,55-56,58-62,64-66H,3-5,7,9-11,13,16,19,22,25,28-29,31-54H2,1-2H3/b8-6-,14-12-,17-15-,20-18-,23-21-,27-26-,30-24-. The lowest BCUT2D eigenvalue weighted by Gasteiger charge is -2.39. The smallest absolute Gasteiger partial charge is 0.306 e. The third-order valence-corrected chi connectivity index (χ3v) is 12.8. The van der Waals surface area contributed by atoms with Gasteiger partial charge >= 0.3 is 5.97 Å². The summed E-state index contributed by atoms with van der Waals surface area (Å²) in [5.41, 5.74) is 0. The second-order valence-electron chi connectivity index (χ2n) is 19.4. The van der Waals surface area contributed by atoms with E-state index in [2.05, 4.69) is 98.9 Å². The molecule has 0 aromatic rings. The Labute approximate surface area is 429 Å². The van der Waals surface area contributed by atoms with E-state index in [9.17, 15) is 25.2 Å². The van der Waals surface area contributed by atoms with E-state index in [-0.39, 0.29) is 19.2 Å². The Morgan fingerprint density at radius 3 is 1.31 bits per heavy atom. The number of rotatable bonds is 49. The molecule has 4 N–H and O–H groups in total. The number of carbonyl (C=O) groups is 1. The van der Waals surface area contributed by atoms with Crippen molar-refractivity contribution < 1.29 is 44.2 Å². The summed E-state index contributed by atoms with van der Waals surface area (Å²) < 4.78 is 23.0. The maximum absolute atomic E-state index is 12.9. The minimum absolute atomic E-state index is 0.122. The van der Waals surface area contributed by atoms with Crippen LogP contribution >= 0.6 is 0 Å². The SMILES string of the molecule is CC/C=C\C/C=C\C/C=C\C/C=C\CCCCCCCCCCC(=O)OC(COCCCCCCCCCCCCC/C=C\C/C=C\C/C=C\CCCCCCC)COC1OC(CO)C(O)C(O)C1O. The summed E-state index contributed by atoms with van der Waals surface area (Å²) >= 11 is 0. The van der Waals surface area contributed by atoms with Crippen LogP contribution in [0.1, 0.15) is 232 Å². The molecule has 6 unspecified atom stereocenters. The maximum Gasteiger partial charge on any atom is 0.306 e. The third kappa shape index (κ3) is 40.9. The van der Waals surface area contributed by atoms with Gasteiger partial charge < -0.3 is 39.4 Å². The molecule has 0 aromatic carbocycles. The van der Waals surface area contributed by atoms with Crippen LogP contribution in [0, 0.1) is 0 Å². The van der Waals surface area contributed by atoms with Crippen molar-refractivity contribution in [2.45, 2.75) is 269 Å². The summed E-state index contributed by atoms with van der Waals surface area (Å²) in [6, 6.07) is 0. The van der Waals surface area contributed by atoms with Crippen LogP contribution < -0.4 is 0 Å². The van der Waals surface area contributed by atoms with Crippen molar-refractivity contribution in [3.05, 3.63) is 85.1 Å². The number of hydrogen-bond donors (Lipinski definition) is 4. The lowest BCUT2D eigenvalue weighted by atomic mass is 9.99. The minimum atomic E-state index is -1.54. The van der Waals surface area contributed by atoms with E-state index in [1.54, 1.807) is 0 Å². The van der Waals surface area contributed by atoms with Gasteiger partial charge in [-0.2, -0.15) is 0 Å². The summed E-state index contributed by atoms with van der Waals surface area (Å²) in [4.78, 5) is 12.9. The number of aliphatic hydroxyl groups is 4. The van der Waals surface area contributed by atoms with Gasteiger partial charge in [0.2, 0.25) is 0 Å². The minimum Gasteiger partial charge on any atom is -0.457 e. The van der Waals surface area contributed by atoms with Gasteiger partial charge in [-0.15, -0.1) is 0 Å². The molecule has 9 nitrogen and oxygen atoms in total. The Balaban J connectivity index is 2.17. The van der Waals surface area contributed by atoms with Gasteiger partial charge in [-0.3, -0.25) is 4.79 Å². The lowest BCUT2D eigenvalue weighted by molar-refractivity contribution is -0.305. The van der Waals surface area contributed by atoms with Crippen molar-refractivity contribution in [3.63, 3.8) is 0 Å². The quantitative estimate of drug-likeness (QED) is 0.0267. The van der Waals surface area contributed by atoms with E-state index < -0.39 is 43.4 Å². The first-order valence-corrected chi connectivity index (χ1v) is 28.7. The van der Waals surface area contributed by atoms with Crippen LogP contribution in [-0.4, -0.2) is 89.6 Å². The van der Waals surface area contributed by atoms with E-state index in [1.807, 2.05) is 0 Å². The summed E-state index contributed by atoms with van der Waals surface area (Å²) in [7, 11) is 0. The molecule has 1 heterocycles. The monoisotopic (exact) mass is 983 g/mol. The molecule has 1 aliphatic rings. The van der Waals surface area contributed by atoms with E-state index in [0.29, 0.717) is 13.0 Å². The largest absolute Gasteiger partial charge is 0.457 e. The Hall–Kier alpha value is -2.63. The zero-order chi connectivity index (χ0) is 50.6. The van der Waals surface area contributed by atoms with Crippen LogP contribution in [0.15, 0.2) is 85.1 Å².